The molecule has 0 spiro atoms. The van der Waals surface area contributed by atoms with Gasteiger partial charge in [-0.05, 0) is 107 Å². The van der Waals surface area contributed by atoms with Crippen LogP contribution in [0.15, 0.2) is 32.5 Å². The number of hydrogen-bond acceptors (Lipinski definition) is 7. The number of likely N-dealkylation sites (tertiary alicyclic amines) is 2. The van der Waals surface area contributed by atoms with E-state index in [0.29, 0.717) is 63.7 Å². The molecule has 5 heterocycles. The molecule has 3 fully saturated rings. The summed E-state index contributed by atoms with van der Waals surface area (Å²) in [6.45, 7) is 6.88. The van der Waals surface area contributed by atoms with E-state index >= 15 is 0 Å². The number of carbonyl (C=O) groups is 3. The molecule has 0 bridgehead atoms. The van der Waals surface area contributed by atoms with Crippen LogP contribution in [0, 0.1) is 0 Å². The standard InChI is InChI=1S/C31H42Br2N8O3S/c1-37-7-2-21(3-8-37)38-11-13-39(14-12-38)29(42)26(18-20-16-23(32)28(34)24(33)17-20)36-30(43)40-9-4-22(5-10-40)41-19-27-25(6-15-45-27)35-31(41)44/h6,15-17,21-22,26H,2-5,7-14,18-19,34H2,1H3,(H,35,44)(H,36,43)/t26-/m1/s1. The van der Waals surface area contributed by atoms with Crippen molar-refractivity contribution >= 4 is 72.5 Å². The molecule has 244 valence electrons. The summed E-state index contributed by atoms with van der Waals surface area (Å²) >= 11 is 8.70. The zero-order valence-electron chi connectivity index (χ0n) is 25.6. The van der Waals surface area contributed by atoms with E-state index in [1.54, 1.807) is 16.2 Å². The minimum absolute atomic E-state index is 0.0536. The van der Waals surface area contributed by atoms with Crippen molar-refractivity contribution in [2.45, 2.75) is 56.8 Å². The van der Waals surface area contributed by atoms with Gasteiger partial charge in [-0.2, -0.15) is 0 Å². The first-order valence-corrected chi connectivity index (χ1v) is 18.3. The lowest BCUT2D eigenvalue weighted by atomic mass is 10.0. The Hall–Kier alpha value is -2.39. The SMILES string of the molecule is CN1CCC(N2CCN(C(=O)[C@@H](Cc3cc(Br)c(N)c(Br)c3)NC(=O)N3CCC(N4Cc5sccc5NC4=O)CC3)CC2)CC1. The zero-order valence-corrected chi connectivity index (χ0v) is 29.6. The summed E-state index contributed by atoms with van der Waals surface area (Å²) in [5.41, 5.74) is 8.52. The van der Waals surface area contributed by atoms with Crippen LogP contribution in [-0.4, -0.2) is 120 Å². The second kappa shape index (κ2) is 14.2. The number of piperidine rings is 2. The first-order chi connectivity index (χ1) is 21.7. The third-order valence-electron chi connectivity index (χ3n) is 9.76. The summed E-state index contributed by atoms with van der Waals surface area (Å²) in [5, 5.41) is 8.09. The summed E-state index contributed by atoms with van der Waals surface area (Å²) in [5.74, 6) is -0.0536. The van der Waals surface area contributed by atoms with E-state index in [1.807, 2.05) is 33.4 Å². The van der Waals surface area contributed by atoms with Crippen molar-refractivity contribution in [3.63, 3.8) is 0 Å². The highest BCUT2D eigenvalue weighted by Crippen LogP contribution is 2.32. The molecule has 1 aromatic carbocycles. The highest BCUT2D eigenvalue weighted by atomic mass is 79.9. The van der Waals surface area contributed by atoms with Crippen molar-refractivity contribution in [2.75, 3.05) is 70.5 Å². The number of halogens is 2. The molecular formula is C31H42Br2N8O3S. The number of anilines is 2. The average molecular weight is 767 g/mol. The number of nitrogens with one attached hydrogen (secondary N) is 2. The number of thiophene rings is 1. The maximum atomic E-state index is 14.0. The molecule has 4 N–H and O–H groups in total. The Bertz CT molecular complexity index is 1380. The lowest BCUT2D eigenvalue weighted by molar-refractivity contribution is -0.135. The fourth-order valence-electron chi connectivity index (χ4n) is 6.98. The second-order valence-electron chi connectivity index (χ2n) is 12.6. The van der Waals surface area contributed by atoms with Gasteiger partial charge in [-0.15, -0.1) is 11.3 Å². The van der Waals surface area contributed by atoms with Gasteiger partial charge in [0.2, 0.25) is 5.91 Å². The Morgan fingerprint density at radius 2 is 1.62 bits per heavy atom. The number of hydrogen-bond donors (Lipinski definition) is 3. The van der Waals surface area contributed by atoms with E-state index in [4.69, 9.17) is 5.73 Å². The molecule has 0 aliphatic carbocycles. The van der Waals surface area contributed by atoms with E-state index in [-0.39, 0.29) is 24.0 Å². The summed E-state index contributed by atoms with van der Waals surface area (Å²) in [6, 6.07) is 5.38. The highest BCUT2D eigenvalue weighted by molar-refractivity contribution is 9.11. The van der Waals surface area contributed by atoms with E-state index < -0.39 is 6.04 Å². The van der Waals surface area contributed by atoms with Gasteiger partial charge in [-0.1, -0.05) is 0 Å². The Balaban J connectivity index is 1.09. The van der Waals surface area contributed by atoms with E-state index in [2.05, 4.69) is 59.3 Å². The lowest BCUT2D eigenvalue weighted by Gasteiger charge is -2.43. The Kier molecular flexibility index (Phi) is 10.2. The third kappa shape index (κ3) is 7.45. The minimum Gasteiger partial charge on any atom is -0.397 e. The van der Waals surface area contributed by atoms with Crippen molar-refractivity contribution in [3.8, 4) is 0 Å². The number of carbonyl (C=O) groups excluding carboxylic acids is 3. The molecule has 1 aromatic heterocycles. The van der Waals surface area contributed by atoms with Gasteiger partial charge in [0.1, 0.15) is 6.04 Å². The number of fused-ring (bicyclic) bond motifs is 1. The Labute approximate surface area is 285 Å². The fourth-order valence-corrected chi connectivity index (χ4v) is 9.09. The van der Waals surface area contributed by atoms with Gasteiger partial charge < -0.3 is 36.0 Å². The lowest BCUT2D eigenvalue weighted by Crippen LogP contribution is -2.59. The number of nitrogen functional groups attached to an aromatic ring is 1. The van der Waals surface area contributed by atoms with Crippen LogP contribution in [0.2, 0.25) is 0 Å². The highest BCUT2D eigenvalue weighted by Gasteiger charge is 2.36. The molecule has 0 radical (unpaired) electrons. The van der Waals surface area contributed by atoms with Crippen molar-refractivity contribution in [1.82, 2.24) is 29.8 Å². The Morgan fingerprint density at radius 1 is 0.978 bits per heavy atom. The monoisotopic (exact) mass is 764 g/mol. The van der Waals surface area contributed by atoms with Crippen molar-refractivity contribution < 1.29 is 14.4 Å². The first kappa shape index (κ1) is 32.5. The number of amides is 5. The van der Waals surface area contributed by atoms with Gasteiger partial charge in [-0.25, -0.2) is 9.59 Å². The fraction of sp³-hybridized carbons (Fsp3) is 0.581. The van der Waals surface area contributed by atoms with Gasteiger partial charge in [0.25, 0.3) is 0 Å². The molecule has 14 heteroatoms. The molecular weight excluding hydrogens is 724 g/mol. The number of piperazine rings is 1. The van der Waals surface area contributed by atoms with E-state index in [0.717, 1.165) is 64.1 Å². The van der Waals surface area contributed by atoms with Crippen LogP contribution in [0.25, 0.3) is 0 Å². The number of urea groups is 2. The van der Waals surface area contributed by atoms with E-state index in [9.17, 15) is 14.4 Å². The topological polar surface area (TPSA) is 117 Å². The van der Waals surface area contributed by atoms with Gasteiger partial charge in [-0.3, -0.25) is 9.69 Å². The molecule has 0 saturated carbocycles. The summed E-state index contributed by atoms with van der Waals surface area (Å²) in [6.07, 6.45) is 4.06. The number of nitrogens with zero attached hydrogens (tertiary/aromatic N) is 5. The number of rotatable bonds is 6. The van der Waals surface area contributed by atoms with Crippen LogP contribution < -0.4 is 16.4 Å². The molecule has 6 rings (SSSR count). The van der Waals surface area contributed by atoms with Crippen LogP contribution in [0.4, 0.5) is 21.0 Å². The first-order valence-electron chi connectivity index (χ1n) is 15.8. The molecule has 5 amide bonds. The second-order valence-corrected chi connectivity index (χ2v) is 15.3. The average Bonchev–Trinajstić information content (AvgIpc) is 3.50. The van der Waals surface area contributed by atoms with Gasteiger partial charge >= 0.3 is 12.1 Å². The van der Waals surface area contributed by atoms with Crippen molar-refractivity contribution in [2.24, 2.45) is 0 Å². The summed E-state index contributed by atoms with van der Waals surface area (Å²) in [7, 11) is 2.17. The van der Waals surface area contributed by atoms with Crippen LogP contribution in [0.1, 0.15) is 36.1 Å². The van der Waals surface area contributed by atoms with Crippen LogP contribution in [-0.2, 0) is 17.8 Å². The molecule has 11 nitrogen and oxygen atoms in total. The Morgan fingerprint density at radius 3 is 2.29 bits per heavy atom. The van der Waals surface area contributed by atoms with Gasteiger partial charge in [0, 0.05) is 71.6 Å². The van der Waals surface area contributed by atoms with Crippen molar-refractivity contribution in [1.29, 1.82) is 0 Å². The molecule has 3 saturated heterocycles. The van der Waals surface area contributed by atoms with Crippen molar-refractivity contribution in [3.05, 3.63) is 43.0 Å². The molecule has 45 heavy (non-hydrogen) atoms. The quantitative estimate of drug-likeness (QED) is 0.380. The zero-order chi connectivity index (χ0) is 31.7. The molecule has 0 unspecified atom stereocenters. The molecule has 1 atom stereocenters. The van der Waals surface area contributed by atoms with E-state index in [1.165, 1.54) is 0 Å². The predicted molar refractivity (Wildman–Crippen MR) is 184 cm³/mol. The van der Waals surface area contributed by atoms with Gasteiger partial charge in [0.05, 0.1) is 17.9 Å². The van der Waals surface area contributed by atoms with Gasteiger partial charge in [0.15, 0.2) is 0 Å². The predicted octanol–water partition coefficient (Wildman–Crippen LogP) is 4.23. The van der Waals surface area contributed by atoms with Crippen LogP contribution in [0.5, 0.6) is 0 Å². The third-order valence-corrected chi connectivity index (χ3v) is 12.0. The number of benzene rings is 1. The van der Waals surface area contributed by atoms with Crippen LogP contribution >= 0.6 is 43.2 Å². The normalized spacial score (nSPS) is 21.4. The number of nitrogens with two attached hydrogens (primary N) is 1. The smallest absolute Gasteiger partial charge is 0.322 e. The van der Waals surface area contributed by atoms with Crippen LogP contribution in [0.3, 0.4) is 0 Å². The maximum Gasteiger partial charge on any atom is 0.322 e. The molecule has 4 aliphatic rings. The largest absolute Gasteiger partial charge is 0.397 e. The molecule has 4 aliphatic heterocycles. The molecule has 2 aromatic rings. The maximum absolute atomic E-state index is 14.0. The minimum atomic E-state index is -0.711. The summed E-state index contributed by atoms with van der Waals surface area (Å²) < 4.78 is 1.49. The summed E-state index contributed by atoms with van der Waals surface area (Å²) in [4.78, 5) is 52.1.